The number of nitrogens with two attached hydrogens (primary N) is 1. The summed E-state index contributed by atoms with van der Waals surface area (Å²) in [5.74, 6) is 0. The van der Waals surface area contributed by atoms with Gasteiger partial charge < -0.3 is 30.7 Å². The summed E-state index contributed by atoms with van der Waals surface area (Å²) in [4.78, 5) is 2.45. The Balaban J connectivity index is 1.73. The summed E-state index contributed by atoms with van der Waals surface area (Å²) in [5.41, 5.74) is 5.54. The summed E-state index contributed by atoms with van der Waals surface area (Å²) in [6.07, 6.45) is 4.05. The minimum absolute atomic E-state index is 0.293. The topological polar surface area (TPSA) is 99.2 Å². The highest BCUT2D eigenvalue weighted by Gasteiger charge is 2.46. The van der Waals surface area contributed by atoms with Gasteiger partial charge in [0.1, 0.15) is 29.9 Å². The molecule has 0 aromatic rings. The third-order valence-corrected chi connectivity index (χ3v) is 6.37. The second kappa shape index (κ2) is 7.82. The van der Waals surface area contributed by atoms with Gasteiger partial charge in [-0.3, -0.25) is 0 Å². The van der Waals surface area contributed by atoms with Crippen molar-refractivity contribution in [3.05, 3.63) is 12.2 Å². The van der Waals surface area contributed by atoms with E-state index in [0.717, 1.165) is 26.1 Å². The van der Waals surface area contributed by atoms with Crippen LogP contribution >= 0.6 is 11.8 Å². The van der Waals surface area contributed by atoms with Crippen LogP contribution in [0.2, 0.25) is 0 Å². The van der Waals surface area contributed by atoms with Gasteiger partial charge in [0, 0.05) is 17.8 Å². The van der Waals surface area contributed by atoms with Crippen molar-refractivity contribution in [2.24, 2.45) is 5.73 Å². The van der Waals surface area contributed by atoms with E-state index in [1.165, 1.54) is 12.8 Å². The Morgan fingerprint density at radius 3 is 2.48 bits per heavy atom. The van der Waals surface area contributed by atoms with Crippen molar-refractivity contribution in [3.63, 3.8) is 0 Å². The van der Waals surface area contributed by atoms with Crippen LogP contribution in [0.4, 0.5) is 0 Å². The SMILES string of the molecule is N[C@@H]1C/C=C\C[C@@H](CN2CCCC2)S[C@H]2O[C@H]1[C@H](O)[C@H](O)[C@H]2O. The molecule has 0 aromatic carbocycles. The normalized spacial score (nSPS) is 47.4. The number of aliphatic hydroxyl groups is 3. The number of nitrogens with zero attached hydrogens (tertiary/aromatic N) is 1. The van der Waals surface area contributed by atoms with E-state index in [-0.39, 0.29) is 6.04 Å². The van der Waals surface area contributed by atoms with E-state index in [2.05, 4.69) is 11.0 Å². The summed E-state index contributed by atoms with van der Waals surface area (Å²) >= 11 is 1.55. The minimum Gasteiger partial charge on any atom is -0.388 e. The molecule has 3 rings (SSSR count). The van der Waals surface area contributed by atoms with E-state index in [1.807, 2.05) is 6.08 Å². The molecule has 0 saturated carbocycles. The summed E-state index contributed by atoms with van der Waals surface area (Å²) in [6, 6.07) is -0.387. The number of ether oxygens (including phenoxy) is 1. The maximum atomic E-state index is 10.3. The number of likely N-dealkylation sites (tertiary alicyclic amines) is 1. The average Bonchev–Trinajstić information content (AvgIpc) is 3.04. The Morgan fingerprint density at radius 1 is 1.04 bits per heavy atom. The highest BCUT2D eigenvalue weighted by Crippen LogP contribution is 2.34. The van der Waals surface area contributed by atoms with Crippen LogP contribution in [0.15, 0.2) is 12.2 Å². The van der Waals surface area contributed by atoms with Gasteiger partial charge in [-0.1, -0.05) is 12.2 Å². The molecular formula is C16H28N2O4S. The van der Waals surface area contributed by atoms with Crippen molar-refractivity contribution >= 4 is 11.8 Å². The summed E-state index contributed by atoms with van der Waals surface area (Å²) in [6.45, 7) is 3.21. The van der Waals surface area contributed by atoms with Gasteiger partial charge in [-0.15, -0.1) is 11.8 Å². The Kier molecular flexibility index (Phi) is 6.01. The lowest BCUT2D eigenvalue weighted by atomic mass is 9.93. The molecule has 132 valence electrons. The van der Waals surface area contributed by atoms with E-state index in [9.17, 15) is 15.3 Å². The van der Waals surface area contributed by atoms with Gasteiger partial charge in [0.2, 0.25) is 0 Å². The van der Waals surface area contributed by atoms with Crippen molar-refractivity contribution < 1.29 is 20.1 Å². The van der Waals surface area contributed by atoms with Gasteiger partial charge in [-0.25, -0.2) is 0 Å². The first-order chi connectivity index (χ1) is 11.1. The predicted octanol–water partition coefficient (Wildman–Crippen LogP) is -0.331. The second-order valence-electron chi connectivity index (χ2n) is 6.81. The summed E-state index contributed by atoms with van der Waals surface area (Å²) < 4.78 is 5.89. The molecule has 0 amide bonds. The molecule has 0 aromatic heterocycles. The first kappa shape index (κ1) is 17.7. The van der Waals surface area contributed by atoms with Crippen molar-refractivity contribution in [1.29, 1.82) is 0 Å². The Hall–Kier alpha value is -0.150. The molecule has 2 fully saturated rings. The average molecular weight is 344 g/mol. The lowest BCUT2D eigenvalue weighted by Gasteiger charge is -2.43. The molecule has 2 bridgehead atoms. The number of allylic oxidation sites excluding steroid dienone is 1. The quantitative estimate of drug-likeness (QED) is 0.509. The van der Waals surface area contributed by atoms with Gasteiger partial charge in [0.05, 0.1) is 0 Å². The van der Waals surface area contributed by atoms with Crippen molar-refractivity contribution in [2.75, 3.05) is 19.6 Å². The molecule has 23 heavy (non-hydrogen) atoms. The van der Waals surface area contributed by atoms with Crippen molar-refractivity contribution in [1.82, 2.24) is 4.90 Å². The Bertz CT molecular complexity index is 419. The predicted molar refractivity (Wildman–Crippen MR) is 90.1 cm³/mol. The fraction of sp³-hybridized carbons (Fsp3) is 0.875. The van der Waals surface area contributed by atoms with Crippen LogP contribution in [0.5, 0.6) is 0 Å². The van der Waals surface area contributed by atoms with Crippen LogP contribution in [0.1, 0.15) is 25.7 Å². The van der Waals surface area contributed by atoms with Gasteiger partial charge in [0.25, 0.3) is 0 Å². The molecule has 0 aliphatic carbocycles. The van der Waals surface area contributed by atoms with Gasteiger partial charge in [-0.05, 0) is 38.8 Å². The molecule has 0 unspecified atom stereocenters. The highest BCUT2D eigenvalue weighted by atomic mass is 32.2. The van der Waals surface area contributed by atoms with E-state index < -0.39 is 29.9 Å². The van der Waals surface area contributed by atoms with Crippen LogP contribution < -0.4 is 5.73 Å². The second-order valence-corrected chi connectivity index (χ2v) is 8.22. The zero-order valence-electron chi connectivity index (χ0n) is 13.3. The number of hydrogen-bond acceptors (Lipinski definition) is 7. The van der Waals surface area contributed by atoms with Gasteiger partial charge >= 0.3 is 0 Å². The number of fused-ring (bicyclic) bond motifs is 2. The van der Waals surface area contributed by atoms with Crippen LogP contribution in [-0.2, 0) is 4.74 Å². The number of hydrogen-bond donors (Lipinski definition) is 4. The third kappa shape index (κ3) is 4.10. The van der Waals surface area contributed by atoms with Crippen molar-refractivity contribution in [3.8, 4) is 0 Å². The van der Waals surface area contributed by atoms with Crippen LogP contribution in [0.25, 0.3) is 0 Å². The van der Waals surface area contributed by atoms with Crippen molar-refractivity contribution in [2.45, 2.75) is 66.8 Å². The fourth-order valence-electron chi connectivity index (χ4n) is 3.59. The maximum absolute atomic E-state index is 10.3. The van der Waals surface area contributed by atoms with Crippen LogP contribution in [0.3, 0.4) is 0 Å². The highest BCUT2D eigenvalue weighted by molar-refractivity contribution is 8.00. The van der Waals surface area contributed by atoms with Gasteiger partial charge in [0.15, 0.2) is 0 Å². The van der Waals surface area contributed by atoms with E-state index in [4.69, 9.17) is 10.5 Å². The molecular weight excluding hydrogens is 316 g/mol. The number of thioether (sulfide) groups is 1. The number of aliphatic hydroxyl groups excluding tert-OH is 3. The maximum Gasteiger partial charge on any atom is 0.132 e. The molecule has 3 aliphatic rings. The molecule has 3 heterocycles. The zero-order chi connectivity index (χ0) is 16.4. The summed E-state index contributed by atoms with van der Waals surface area (Å²) in [5, 5.41) is 30.9. The molecule has 0 radical (unpaired) electrons. The smallest absolute Gasteiger partial charge is 0.132 e. The Labute approximate surface area is 141 Å². The minimum atomic E-state index is -1.21. The van der Waals surface area contributed by atoms with E-state index >= 15 is 0 Å². The fourth-order valence-corrected chi connectivity index (χ4v) is 5.00. The molecule has 3 aliphatic heterocycles. The number of rotatable bonds is 2. The van der Waals surface area contributed by atoms with E-state index in [0.29, 0.717) is 11.7 Å². The van der Waals surface area contributed by atoms with E-state index in [1.54, 1.807) is 11.8 Å². The lowest BCUT2D eigenvalue weighted by Crippen LogP contribution is -2.61. The molecule has 6 nitrogen and oxygen atoms in total. The Morgan fingerprint density at radius 2 is 1.74 bits per heavy atom. The monoisotopic (exact) mass is 344 g/mol. The standard InChI is InChI=1S/C16H28N2O4S/c17-11-6-2-1-5-10(9-18-7-3-4-8-18)23-16-14(21)12(19)13(20)15(11)22-16/h1-2,10-16,19-21H,3-9,17H2/b2-1-/t10-,11+,12-,13+,14+,15+,16+/m0/s1. The first-order valence-corrected chi connectivity index (χ1v) is 9.48. The molecule has 2 saturated heterocycles. The summed E-state index contributed by atoms with van der Waals surface area (Å²) in [7, 11) is 0. The lowest BCUT2D eigenvalue weighted by molar-refractivity contribution is -0.202. The van der Waals surface area contributed by atoms with Crippen LogP contribution in [-0.4, -0.2) is 81.0 Å². The zero-order valence-corrected chi connectivity index (χ0v) is 14.1. The first-order valence-electron chi connectivity index (χ1n) is 8.54. The molecule has 0 spiro atoms. The van der Waals surface area contributed by atoms with Gasteiger partial charge in [-0.2, -0.15) is 0 Å². The third-order valence-electron chi connectivity index (χ3n) is 4.99. The largest absolute Gasteiger partial charge is 0.388 e. The van der Waals surface area contributed by atoms with Crippen LogP contribution in [0, 0.1) is 0 Å². The molecule has 7 heteroatoms. The molecule has 5 N–H and O–H groups in total. The molecule has 7 atom stereocenters.